The highest BCUT2D eigenvalue weighted by molar-refractivity contribution is 7.99. The molecule has 2 aliphatic heterocycles. The molecular weight excluding hydrogens is 544 g/mol. The summed E-state index contributed by atoms with van der Waals surface area (Å²) >= 11 is 0.618. The number of anilines is 1. The number of nitrogens with one attached hydrogen (secondary N) is 2. The largest absolute Gasteiger partial charge is 0.418 e. The fourth-order valence-corrected chi connectivity index (χ4v) is 5.78. The zero-order chi connectivity index (χ0) is 28.2. The Morgan fingerprint density at radius 1 is 1.08 bits per heavy atom. The van der Waals surface area contributed by atoms with Crippen molar-refractivity contribution in [2.45, 2.75) is 54.0 Å². The summed E-state index contributed by atoms with van der Waals surface area (Å²) in [6.45, 7) is 3.97. The highest BCUT2D eigenvalue weighted by Crippen LogP contribution is 2.48. The van der Waals surface area contributed by atoms with E-state index in [1.165, 1.54) is 4.90 Å². The van der Waals surface area contributed by atoms with Crippen molar-refractivity contribution < 1.29 is 35.9 Å². The van der Waals surface area contributed by atoms with E-state index in [-0.39, 0.29) is 32.3 Å². The minimum absolute atomic E-state index is 0.176. The first-order valence-corrected chi connectivity index (χ1v) is 13.4. The van der Waals surface area contributed by atoms with Crippen molar-refractivity contribution in [3.8, 4) is 0 Å². The predicted octanol–water partition coefficient (Wildman–Crippen LogP) is 6.30. The van der Waals surface area contributed by atoms with Crippen LogP contribution in [0.15, 0.2) is 52.3 Å². The van der Waals surface area contributed by atoms with Crippen LogP contribution in [-0.4, -0.2) is 55.7 Å². The number of piperidine rings is 1. The van der Waals surface area contributed by atoms with Crippen molar-refractivity contribution in [1.29, 1.82) is 0 Å². The number of rotatable bonds is 6. The van der Waals surface area contributed by atoms with E-state index in [2.05, 4.69) is 17.6 Å². The molecule has 39 heavy (non-hydrogen) atoms. The standard InChI is InChI=1S/C27H29F6N3O2S/c1-17-15-20(9-10-34-17)35-19-3-2-4-21(16-19)39-22-7-5-18(6-8-23(37)36-11-13-38-14-12-36)24(26(28,29)30)25(22)27(31,32)33/h2-8,16-17,20,34-35H,9-15H2,1H3/b8-6+. The molecule has 2 atom stereocenters. The molecule has 0 saturated carbocycles. The van der Waals surface area contributed by atoms with Crippen LogP contribution in [0.1, 0.15) is 36.5 Å². The molecule has 0 spiro atoms. The molecule has 1 amide bonds. The zero-order valence-electron chi connectivity index (χ0n) is 21.2. The molecule has 2 aromatic carbocycles. The lowest BCUT2D eigenvalue weighted by Crippen LogP contribution is -2.41. The van der Waals surface area contributed by atoms with Crippen molar-refractivity contribution in [1.82, 2.24) is 10.2 Å². The van der Waals surface area contributed by atoms with Crippen LogP contribution in [0.3, 0.4) is 0 Å². The molecule has 2 heterocycles. The van der Waals surface area contributed by atoms with Gasteiger partial charge in [-0.15, -0.1) is 0 Å². The van der Waals surface area contributed by atoms with Crippen LogP contribution in [0.4, 0.5) is 32.0 Å². The summed E-state index contributed by atoms with van der Waals surface area (Å²) in [5, 5.41) is 6.72. The number of morpholine rings is 1. The summed E-state index contributed by atoms with van der Waals surface area (Å²) in [5.74, 6) is -0.592. The van der Waals surface area contributed by atoms with E-state index in [0.29, 0.717) is 28.4 Å². The molecule has 0 bridgehead atoms. The van der Waals surface area contributed by atoms with Crippen LogP contribution in [0, 0.1) is 0 Å². The molecular formula is C27H29F6N3O2S. The van der Waals surface area contributed by atoms with Gasteiger partial charge in [0, 0.05) is 46.7 Å². The van der Waals surface area contributed by atoms with E-state index in [4.69, 9.17) is 4.74 Å². The molecule has 4 rings (SSSR count). The van der Waals surface area contributed by atoms with Gasteiger partial charge in [-0.05, 0) is 62.2 Å². The van der Waals surface area contributed by atoms with Gasteiger partial charge in [0.2, 0.25) is 5.91 Å². The third-order valence-corrected chi connectivity index (χ3v) is 7.60. The first kappa shape index (κ1) is 29.3. The maximum atomic E-state index is 14.2. The van der Waals surface area contributed by atoms with Gasteiger partial charge >= 0.3 is 12.4 Å². The molecule has 2 aliphatic rings. The smallest absolute Gasteiger partial charge is 0.382 e. The van der Waals surface area contributed by atoms with E-state index in [1.807, 2.05) is 0 Å². The fraction of sp³-hybridized carbons (Fsp3) is 0.444. The number of hydrogen-bond donors (Lipinski definition) is 2. The second kappa shape index (κ2) is 12.2. The Labute approximate surface area is 227 Å². The first-order chi connectivity index (χ1) is 18.4. The lowest BCUT2D eigenvalue weighted by atomic mass is 9.99. The second-order valence-corrected chi connectivity index (χ2v) is 10.6. The molecule has 212 valence electrons. The van der Waals surface area contributed by atoms with Crippen LogP contribution < -0.4 is 10.6 Å². The number of hydrogen-bond acceptors (Lipinski definition) is 5. The SMILES string of the molecule is CC1CC(Nc2cccc(Sc3ccc(/C=C/C(=O)N4CCOCC4)c(C(F)(F)F)c3C(F)(F)F)c2)CCN1. The Bertz CT molecular complexity index is 1200. The van der Waals surface area contributed by atoms with E-state index in [9.17, 15) is 31.1 Å². The van der Waals surface area contributed by atoms with Gasteiger partial charge in [-0.2, -0.15) is 26.3 Å². The summed E-state index contributed by atoms with van der Waals surface area (Å²) in [7, 11) is 0. The average Bonchev–Trinajstić information content (AvgIpc) is 2.87. The summed E-state index contributed by atoms with van der Waals surface area (Å²) < 4.78 is 90.1. The number of alkyl halides is 6. The van der Waals surface area contributed by atoms with Gasteiger partial charge in [0.1, 0.15) is 0 Å². The van der Waals surface area contributed by atoms with Crippen molar-refractivity contribution in [2.75, 3.05) is 38.2 Å². The van der Waals surface area contributed by atoms with Gasteiger partial charge in [-0.1, -0.05) is 23.9 Å². The Morgan fingerprint density at radius 2 is 1.79 bits per heavy atom. The van der Waals surface area contributed by atoms with E-state index in [1.54, 1.807) is 24.3 Å². The Hall–Kier alpha value is -2.70. The average molecular weight is 574 g/mol. The van der Waals surface area contributed by atoms with Crippen molar-refractivity contribution in [3.63, 3.8) is 0 Å². The molecule has 2 N–H and O–H groups in total. The molecule has 0 aliphatic carbocycles. The summed E-state index contributed by atoms with van der Waals surface area (Å²) in [5.41, 5.74) is -3.63. The second-order valence-electron chi connectivity index (χ2n) is 9.52. The highest BCUT2D eigenvalue weighted by Gasteiger charge is 2.46. The van der Waals surface area contributed by atoms with Crippen LogP contribution in [-0.2, 0) is 21.9 Å². The maximum absolute atomic E-state index is 14.2. The van der Waals surface area contributed by atoms with E-state index < -0.39 is 39.8 Å². The monoisotopic (exact) mass is 573 g/mol. The topological polar surface area (TPSA) is 53.6 Å². The number of benzene rings is 2. The third kappa shape index (κ3) is 7.70. The molecule has 5 nitrogen and oxygen atoms in total. The van der Waals surface area contributed by atoms with Gasteiger partial charge < -0.3 is 20.3 Å². The van der Waals surface area contributed by atoms with Crippen molar-refractivity contribution >= 4 is 29.4 Å². The molecule has 2 aromatic rings. The highest BCUT2D eigenvalue weighted by atomic mass is 32.2. The van der Waals surface area contributed by atoms with Gasteiger partial charge in [0.25, 0.3) is 0 Å². The molecule has 0 radical (unpaired) electrons. The van der Waals surface area contributed by atoms with Gasteiger partial charge in [0.05, 0.1) is 24.3 Å². The number of halogens is 6. The van der Waals surface area contributed by atoms with Gasteiger partial charge in [-0.25, -0.2) is 0 Å². The summed E-state index contributed by atoms with van der Waals surface area (Å²) in [6, 6.07) is 9.13. The summed E-state index contributed by atoms with van der Waals surface area (Å²) in [6.07, 6.45) is -7.18. The molecule has 0 aromatic heterocycles. The summed E-state index contributed by atoms with van der Waals surface area (Å²) in [4.78, 5) is 13.5. The molecule has 2 unspecified atom stereocenters. The number of carbonyl (C=O) groups is 1. The number of carbonyl (C=O) groups excluding carboxylic acids is 1. The third-order valence-electron chi connectivity index (χ3n) is 6.55. The number of amides is 1. The van der Waals surface area contributed by atoms with Crippen LogP contribution in [0.5, 0.6) is 0 Å². The predicted molar refractivity (Wildman–Crippen MR) is 138 cm³/mol. The molecule has 2 fully saturated rings. The van der Waals surface area contributed by atoms with Crippen molar-refractivity contribution in [3.05, 3.63) is 59.2 Å². The Morgan fingerprint density at radius 3 is 2.46 bits per heavy atom. The Kier molecular flexibility index (Phi) is 9.18. The molecule has 12 heteroatoms. The maximum Gasteiger partial charge on any atom is 0.418 e. The minimum Gasteiger partial charge on any atom is -0.382 e. The van der Waals surface area contributed by atoms with Gasteiger partial charge in [0.15, 0.2) is 0 Å². The van der Waals surface area contributed by atoms with Crippen LogP contribution in [0.2, 0.25) is 0 Å². The Balaban J connectivity index is 1.65. The van der Waals surface area contributed by atoms with Gasteiger partial charge in [-0.3, -0.25) is 4.79 Å². The quantitative estimate of drug-likeness (QED) is 0.314. The zero-order valence-corrected chi connectivity index (χ0v) is 22.0. The van der Waals surface area contributed by atoms with E-state index >= 15 is 0 Å². The molecule has 2 saturated heterocycles. The first-order valence-electron chi connectivity index (χ1n) is 12.6. The minimum atomic E-state index is -5.31. The lowest BCUT2D eigenvalue weighted by molar-refractivity contribution is -0.163. The lowest BCUT2D eigenvalue weighted by Gasteiger charge is -2.29. The number of nitrogens with zero attached hydrogens (tertiary/aromatic N) is 1. The van der Waals surface area contributed by atoms with E-state index in [0.717, 1.165) is 43.7 Å². The fourth-order valence-electron chi connectivity index (χ4n) is 4.74. The van der Waals surface area contributed by atoms with Crippen LogP contribution >= 0.6 is 11.8 Å². The number of ether oxygens (including phenoxy) is 1. The van der Waals surface area contributed by atoms with Crippen LogP contribution in [0.25, 0.3) is 6.08 Å². The normalized spacial score (nSPS) is 20.8. The van der Waals surface area contributed by atoms with Crippen molar-refractivity contribution in [2.24, 2.45) is 0 Å².